The lowest BCUT2D eigenvalue weighted by Gasteiger charge is -2.31. The number of nitrogens with zero attached hydrogens (tertiary/aromatic N) is 1. The summed E-state index contributed by atoms with van der Waals surface area (Å²) in [6.45, 7) is 5.32. The number of fused-ring (bicyclic) bond motifs is 2. The van der Waals surface area contributed by atoms with E-state index in [1.54, 1.807) is 18.4 Å². The van der Waals surface area contributed by atoms with Crippen LogP contribution in [0.2, 0.25) is 10.0 Å². The largest absolute Gasteiger partial charge is 0.488 e. The van der Waals surface area contributed by atoms with Crippen molar-refractivity contribution in [2.24, 2.45) is 0 Å². The van der Waals surface area contributed by atoms with Gasteiger partial charge in [-0.05, 0) is 130 Å². The highest BCUT2D eigenvalue weighted by molar-refractivity contribution is 9.11. The highest BCUT2D eigenvalue weighted by Crippen LogP contribution is 2.41. The lowest BCUT2D eigenvalue weighted by Crippen LogP contribution is -2.38. The van der Waals surface area contributed by atoms with Gasteiger partial charge in [-0.3, -0.25) is 4.31 Å². The van der Waals surface area contributed by atoms with Gasteiger partial charge >= 0.3 is 12.0 Å². The van der Waals surface area contributed by atoms with E-state index in [9.17, 15) is 16.8 Å². The first-order valence-corrected chi connectivity index (χ1v) is 19.2. The molecule has 0 unspecified atom stereocenters. The third-order valence-electron chi connectivity index (χ3n) is 6.24. The van der Waals surface area contributed by atoms with E-state index in [0.29, 0.717) is 28.1 Å². The number of hydrogen-bond acceptors (Lipinski definition) is 6. The van der Waals surface area contributed by atoms with Crippen LogP contribution in [0.25, 0.3) is 0 Å². The van der Waals surface area contributed by atoms with Crippen LogP contribution in [0.4, 0.5) is 11.4 Å². The maximum atomic E-state index is 12.9. The average molecular weight is 841 g/mol. The number of anilines is 2. The molecular formula is C30H26Br2Cl3N2O6S2+. The summed E-state index contributed by atoms with van der Waals surface area (Å²) in [5.41, 5.74) is 3.78. The van der Waals surface area contributed by atoms with Crippen LogP contribution < -0.4 is 14.4 Å². The molecule has 0 fully saturated rings. The average Bonchev–Trinajstić information content (AvgIpc) is 2.97. The predicted molar refractivity (Wildman–Crippen MR) is 188 cm³/mol. The summed E-state index contributed by atoms with van der Waals surface area (Å²) >= 11 is 18.2. The van der Waals surface area contributed by atoms with E-state index in [0.717, 1.165) is 32.5 Å². The van der Waals surface area contributed by atoms with Crippen molar-refractivity contribution in [1.29, 1.82) is 0 Å². The van der Waals surface area contributed by atoms with Gasteiger partial charge in [-0.2, -0.15) is 0 Å². The summed E-state index contributed by atoms with van der Waals surface area (Å²) < 4.78 is 61.2. The van der Waals surface area contributed by atoms with Crippen molar-refractivity contribution in [3.05, 3.63) is 103 Å². The van der Waals surface area contributed by atoms with Crippen molar-refractivity contribution in [1.82, 2.24) is 0 Å². The number of ether oxygens (including phenoxy) is 1. The van der Waals surface area contributed by atoms with E-state index in [1.165, 1.54) is 46.3 Å². The van der Waals surface area contributed by atoms with Crippen LogP contribution in [0.15, 0.2) is 91.5 Å². The minimum Gasteiger partial charge on any atom is -0.488 e. The van der Waals surface area contributed by atoms with E-state index < -0.39 is 19.1 Å². The lowest BCUT2D eigenvalue weighted by molar-refractivity contribution is -0.362. The number of sulfonamides is 1. The number of rotatable bonds is 3. The molecule has 4 aromatic carbocycles. The van der Waals surface area contributed by atoms with Gasteiger partial charge in [0.15, 0.2) is 5.75 Å². The van der Waals surface area contributed by atoms with Crippen LogP contribution in [0, 0.1) is 13.8 Å². The number of benzene rings is 4. The number of aldehydes is 1. The molecule has 0 saturated heterocycles. The number of carbonyl (C=O) groups excluding carboxylic acids is 1. The molecule has 2 heterocycles. The Bertz CT molecular complexity index is 1940. The van der Waals surface area contributed by atoms with Gasteiger partial charge in [-0.15, -0.1) is 0 Å². The summed E-state index contributed by atoms with van der Waals surface area (Å²) in [7, 11) is -2.22. The molecule has 0 atom stereocenters. The molecule has 0 bridgehead atoms. The van der Waals surface area contributed by atoms with Crippen molar-refractivity contribution in [2.45, 2.75) is 23.6 Å². The van der Waals surface area contributed by atoms with E-state index in [2.05, 4.69) is 50.2 Å². The van der Waals surface area contributed by atoms with E-state index in [1.807, 2.05) is 25.1 Å². The predicted octanol–water partition coefficient (Wildman–Crippen LogP) is 8.90. The maximum absolute atomic E-state index is 12.9. The molecule has 0 saturated carbocycles. The first-order chi connectivity index (χ1) is 21.2. The molecule has 2 aliphatic rings. The fourth-order valence-corrected chi connectivity index (χ4v) is 8.04. The molecule has 6 rings (SSSR count). The topological polar surface area (TPSA) is 104 Å². The fourth-order valence-electron chi connectivity index (χ4n) is 4.23. The Kier molecular flexibility index (Phi) is 11.9. The summed E-state index contributed by atoms with van der Waals surface area (Å²) in [5.74, 6) is 1.43. The highest BCUT2D eigenvalue weighted by Gasteiger charge is 2.31. The number of nitrogens with one attached hydrogen (secondary N) is 1. The normalized spacial score (nSPS) is 13.5. The summed E-state index contributed by atoms with van der Waals surface area (Å²) in [4.78, 5) is 0.269. The van der Waals surface area contributed by atoms with Crippen LogP contribution >= 0.6 is 65.7 Å². The second kappa shape index (κ2) is 15.1. The molecule has 4 aromatic rings. The van der Waals surface area contributed by atoms with Gasteiger partial charge in [0, 0.05) is 20.7 Å². The molecular weight excluding hydrogens is 815 g/mol. The molecule has 0 spiro atoms. The first kappa shape index (κ1) is 35.5. The Balaban J connectivity index is 0.000000169. The molecule has 0 radical (unpaired) electrons. The van der Waals surface area contributed by atoms with Gasteiger partial charge in [-0.1, -0.05) is 23.2 Å². The van der Waals surface area contributed by atoms with Gasteiger partial charge in [0.25, 0.3) is 19.1 Å². The molecule has 0 amide bonds. The molecule has 2 aliphatic heterocycles. The second-order valence-corrected chi connectivity index (χ2v) is 16.7. The van der Waals surface area contributed by atoms with Gasteiger partial charge in [0.05, 0.1) is 26.5 Å². The number of hydrogen-bond donors (Lipinski definition) is 1. The smallest absolute Gasteiger partial charge is 0.389 e. The summed E-state index contributed by atoms with van der Waals surface area (Å²) in [6.07, 6.45) is 1.75. The lowest BCUT2D eigenvalue weighted by atomic mass is 10.2. The Hall–Kier alpha value is -2.32. The summed E-state index contributed by atoms with van der Waals surface area (Å²) in [5, 5.41) is 4.21. The van der Waals surface area contributed by atoms with Crippen LogP contribution in [0.3, 0.4) is 0 Å². The molecule has 0 aromatic heterocycles. The Morgan fingerprint density at radius 1 is 0.822 bits per heavy atom. The molecule has 15 heteroatoms. The van der Waals surface area contributed by atoms with Crippen molar-refractivity contribution in [3.8, 4) is 11.5 Å². The zero-order valence-electron chi connectivity index (χ0n) is 23.7. The van der Waals surface area contributed by atoms with E-state index in [-0.39, 0.29) is 16.3 Å². The monoisotopic (exact) mass is 837 g/mol. The fraction of sp³-hybridized carbons (Fsp3) is 0.167. The molecule has 1 N–H and O–H groups in total. The van der Waals surface area contributed by atoms with Gasteiger partial charge in [0.1, 0.15) is 23.3 Å². The van der Waals surface area contributed by atoms with Gasteiger partial charge < -0.3 is 10.1 Å². The maximum Gasteiger partial charge on any atom is 0.389 e. The standard InChI is InChI=1S/C15H13BrClNO3S.C9H9BrNO.C6H4Cl2O2S/c1-10-8-13(16)15-14(9-10)18(6-7-21-15)22(19,20)12-4-2-11(17)3-5-12;1-6-4-7(10)9-8(5-6)11-2-3-12-9;7-5-1-3-6(4-2-5)11(8,9)10/h2-5,8-9H,6-7H2,1H3;3-5,11H,2H2,1H3;1-4H/q;+1;. The first-order valence-electron chi connectivity index (χ1n) is 13.1. The van der Waals surface area contributed by atoms with Crippen molar-refractivity contribution in [2.75, 3.05) is 29.3 Å². The van der Waals surface area contributed by atoms with Crippen molar-refractivity contribution < 1.29 is 26.0 Å². The van der Waals surface area contributed by atoms with Gasteiger partial charge in [-0.25, -0.2) is 21.3 Å². The number of aryl methyl sites for hydroxylation is 2. The summed E-state index contributed by atoms with van der Waals surface area (Å²) in [6, 6.07) is 19.6. The van der Waals surface area contributed by atoms with E-state index >= 15 is 0 Å². The third-order valence-corrected chi connectivity index (χ3v) is 11.1. The minimum atomic E-state index is -3.65. The third kappa shape index (κ3) is 9.15. The van der Waals surface area contributed by atoms with Crippen LogP contribution in [-0.2, 0) is 23.5 Å². The Morgan fingerprint density at radius 2 is 1.38 bits per heavy atom. The highest BCUT2D eigenvalue weighted by atomic mass is 79.9. The van der Waals surface area contributed by atoms with Crippen molar-refractivity contribution in [3.63, 3.8) is 0 Å². The number of halogens is 5. The minimum absolute atomic E-state index is 0.0589. The van der Waals surface area contributed by atoms with Crippen LogP contribution in [0.1, 0.15) is 11.1 Å². The van der Waals surface area contributed by atoms with Crippen LogP contribution in [-0.4, -0.2) is 42.8 Å². The van der Waals surface area contributed by atoms with Crippen molar-refractivity contribution >= 4 is 102 Å². The molecule has 0 aliphatic carbocycles. The van der Waals surface area contributed by atoms with E-state index in [4.69, 9.17) is 43.0 Å². The quantitative estimate of drug-likeness (QED) is 0.126. The zero-order chi connectivity index (χ0) is 32.9. The molecule has 8 nitrogen and oxygen atoms in total. The zero-order valence-corrected chi connectivity index (χ0v) is 30.8. The molecule has 45 heavy (non-hydrogen) atoms. The van der Waals surface area contributed by atoms with Crippen LogP contribution in [0.5, 0.6) is 11.5 Å². The van der Waals surface area contributed by atoms with Gasteiger partial charge in [0.2, 0.25) is 0 Å². The Labute approximate surface area is 293 Å². The SMILES string of the molecule is Cc1cc(Br)c2c(c1)N(S(=O)(=O)c1ccc(Cl)cc1)CCO2.Cc1cc(Br)c2c(c1)NCC=[O+]2.O=S(=O)(Cl)c1ccc(Cl)cc1. The molecule has 238 valence electrons. The second-order valence-electron chi connectivity index (χ2n) is 9.66. The Morgan fingerprint density at radius 3 is 1.98 bits per heavy atom.